The van der Waals surface area contributed by atoms with Crippen LogP contribution < -0.4 is 5.32 Å². The molecule has 1 unspecified atom stereocenters. The van der Waals surface area contributed by atoms with E-state index in [0.29, 0.717) is 13.1 Å². The maximum absolute atomic E-state index is 10.1. The molecule has 0 fully saturated rings. The second-order valence-electron chi connectivity index (χ2n) is 4.93. The molecule has 3 nitrogen and oxygen atoms in total. The second-order valence-corrected chi connectivity index (χ2v) is 5.78. The van der Waals surface area contributed by atoms with E-state index in [1.54, 1.807) is 0 Å². The number of hydrogen-bond acceptors (Lipinski definition) is 3. The third kappa shape index (κ3) is 5.64. The quantitative estimate of drug-likeness (QED) is 0.842. The number of aliphatic hydroxyl groups is 1. The van der Waals surface area contributed by atoms with Crippen LogP contribution in [0.3, 0.4) is 0 Å². The van der Waals surface area contributed by atoms with Gasteiger partial charge in [-0.15, -0.1) is 0 Å². The zero-order valence-electron chi connectivity index (χ0n) is 10.7. The lowest BCUT2D eigenvalue weighted by molar-refractivity contribution is 0.0336. The molecule has 0 aromatic heterocycles. The molecule has 0 aliphatic rings. The van der Waals surface area contributed by atoms with E-state index in [1.807, 2.05) is 44.1 Å². The lowest BCUT2D eigenvalue weighted by atomic mass is 10.1. The Morgan fingerprint density at radius 2 is 2.00 bits per heavy atom. The Bertz CT molecular complexity index is 353. The molecule has 0 aliphatic carbocycles. The minimum Gasteiger partial charge on any atom is -0.388 e. The molecule has 1 aromatic carbocycles. The van der Waals surface area contributed by atoms with Gasteiger partial charge in [0.25, 0.3) is 0 Å². The van der Waals surface area contributed by atoms with E-state index in [2.05, 4.69) is 27.3 Å². The standard InChI is InChI=1S/C13H21BrN2O/c1-13(17,10-16(2)3)9-15-8-11-6-4-5-7-12(11)14/h4-7,15,17H,8-10H2,1-3H3. The summed E-state index contributed by atoms with van der Waals surface area (Å²) in [5.74, 6) is 0. The fourth-order valence-electron chi connectivity index (χ4n) is 1.85. The first-order chi connectivity index (χ1) is 7.91. The fourth-order valence-corrected chi connectivity index (χ4v) is 2.27. The zero-order valence-corrected chi connectivity index (χ0v) is 12.3. The molecule has 4 heteroatoms. The number of likely N-dealkylation sites (N-methyl/N-ethyl adjacent to an activating group) is 1. The third-order valence-electron chi connectivity index (χ3n) is 2.44. The lowest BCUT2D eigenvalue weighted by Crippen LogP contribution is -2.45. The van der Waals surface area contributed by atoms with E-state index in [-0.39, 0.29) is 0 Å². The molecule has 17 heavy (non-hydrogen) atoms. The molecular formula is C13H21BrN2O. The highest BCUT2D eigenvalue weighted by Gasteiger charge is 2.20. The van der Waals surface area contributed by atoms with Gasteiger partial charge < -0.3 is 15.3 Å². The number of hydrogen-bond donors (Lipinski definition) is 2. The van der Waals surface area contributed by atoms with Crippen LogP contribution in [0.5, 0.6) is 0 Å². The summed E-state index contributed by atoms with van der Waals surface area (Å²) in [7, 11) is 3.92. The first-order valence-corrected chi connectivity index (χ1v) is 6.51. The van der Waals surface area contributed by atoms with E-state index in [9.17, 15) is 5.11 Å². The van der Waals surface area contributed by atoms with Crippen LogP contribution in [0.25, 0.3) is 0 Å². The Morgan fingerprint density at radius 3 is 2.59 bits per heavy atom. The summed E-state index contributed by atoms with van der Waals surface area (Å²) in [6.45, 7) is 3.83. The highest BCUT2D eigenvalue weighted by atomic mass is 79.9. The minimum atomic E-state index is -0.704. The predicted molar refractivity (Wildman–Crippen MR) is 75.0 cm³/mol. The van der Waals surface area contributed by atoms with Crippen molar-refractivity contribution >= 4 is 15.9 Å². The monoisotopic (exact) mass is 300 g/mol. The van der Waals surface area contributed by atoms with Crippen LogP contribution in [0, 0.1) is 0 Å². The van der Waals surface area contributed by atoms with Crippen LogP contribution in [0.15, 0.2) is 28.7 Å². The number of rotatable bonds is 6. The largest absolute Gasteiger partial charge is 0.388 e. The summed E-state index contributed by atoms with van der Waals surface area (Å²) in [6, 6.07) is 8.10. The number of halogens is 1. The number of benzene rings is 1. The Kier molecular flexibility index (Phi) is 5.59. The molecular weight excluding hydrogens is 280 g/mol. The van der Waals surface area contributed by atoms with E-state index in [4.69, 9.17) is 0 Å². The summed E-state index contributed by atoms with van der Waals surface area (Å²) < 4.78 is 1.10. The van der Waals surface area contributed by atoms with Crippen LogP contribution in [0.1, 0.15) is 12.5 Å². The van der Waals surface area contributed by atoms with Gasteiger partial charge in [0.15, 0.2) is 0 Å². The van der Waals surface area contributed by atoms with Gasteiger partial charge in [0.05, 0.1) is 5.60 Å². The topological polar surface area (TPSA) is 35.5 Å². The Hall–Kier alpha value is -0.420. The van der Waals surface area contributed by atoms with Gasteiger partial charge in [0, 0.05) is 24.1 Å². The van der Waals surface area contributed by atoms with Gasteiger partial charge in [-0.05, 0) is 32.6 Å². The van der Waals surface area contributed by atoms with Crippen LogP contribution >= 0.6 is 15.9 Å². The van der Waals surface area contributed by atoms with Gasteiger partial charge in [-0.2, -0.15) is 0 Å². The van der Waals surface area contributed by atoms with Crippen LogP contribution in [-0.2, 0) is 6.54 Å². The lowest BCUT2D eigenvalue weighted by Gasteiger charge is -2.27. The molecule has 0 heterocycles. The van der Waals surface area contributed by atoms with E-state index in [0.717, 1.165) is 11.0 Å². The minimum absolute atomic E-state index is 0.576. The number of nitrogens with zero attached hydrogens (tertiary/aromatic N) is 1. The van der Waals surface area contributed by atoms with Gasteiger partial charge in [0.2, 0.25) is 0 Å². The van der Waals surface area contributed by atoms with Crippen molar-refractivity contribution in [2.75, 3.05) is 27.2 Å². The summed E-state index contributed by atoms with van der Waals surface area (Å²) in [6.07, 6.45) is 0. The van der Waals surface area contributed by atoms with Gasteiger partial charge in [0.1, 0.15) is 0 Å². The summed E-state index contributed by atoms with van der Waals surface area (Å²) >= 11 is 3.51. The van der Waals surface area contributed by atoms with Crippen molar-refractivity contribution < 1.29 is 5.11 Å². The first-order valence-electron chi connectivity index (χ1n) is 5.72. The Labute approximate surface area is 112 Å². The first kappa shape index (κ1) is 14.6. The molecule has 0 radical (unpaired) electrons. The zero-order chi connectivity index (χ0) is 12.9. The van der Waals surface area contributed by atoms with Gasteiger partial charge in [-0.1, -0.05) is 34.1 Å². The van der Waals surface area contributed by atoms with Crippen LogP contribution in [0.2, 0.25) is 0 Å². The highest BCUT2D eigenvalue weighted by molar-refractivity contribution is 9.10. The second kappa shape index (κ2) is 6.50. The molecule has 0 spiro atoms. The predicted octanol–water partition coefficient (Wildman–Crippen LogP) is 1.85. The van der Waals surface area contributed by atoms with Crippen molar-refractivity contribution in [1.82, 2.24) is 10.2 Å². The maximum Gasteiger partial charge on any atom is 0.0869 e. The molecule has 0 amide bonds. The molecule has 1 atom stereocenters. The van der Waals surface area contributed by atoms with E-state index < -0.39 is 5.60 Å². The molecule has 1 aromatic rings. The van der Waals surface area contributed by atoms with Crippen molar-refractivity contribution in [3.05, 3.63) is 34.3 Å². The Balaban J connectivity index is 2.40. The van der Waals surface area contributed by atoms with Crippen molar-refractivity contribution in [2.24, 2.45) is 0 Å². The molecule has 0 aliphatic heterocycles. The fraction of sp³-hybridized carbons (Fsp3) is 0.538. The normalized spacial score (nSPS) is 14.9. The van der Waals surface area contributed by atoms with Gasteiger partial charge in [-0.3, -0.25) is 0 Å². The molecule has 2 N–H and O–H groups in total. The molecule has 0 saturated carbocycles. The average molecular weight is 301 g/mol. The van der Waals surface area contributed by atoms with E-state index in [1.165, 1.54) is 5.56 Å². The third-order valence-corrected chi connectivity index (χ3v) is 3.21. The molecule has 0 bridgehead atoms. The summed E-state index contributed by atoms with van der Waals surface area (Å²) in [5, 5.41) is 13.4. The van der Waals surface area contributed by atoms with Crippen molar-refractivity contribution in [2.45, 2.75) is 19.1 Å². The van der Waals surface area contributed by atoms with Crippen molar-refractivity contribution in [1.29, 1.82) is 0 Å². The Morgan fingerprint density at radius 1 is 1.35 bits per heavy atom. The summed E-state index contributed by atoms with van der Waals surface area (Å²) in [5.41, 5.74) is 0.498. The van der Waals surface area contributed by atoms with Gasteiger partial charge >= 0.3 is 0 Å². The van der Waals surface area contributed by atoms with Crippen LogP contribution in [0.4, 0.5) is 0 Å². The number of nitrogens with one attached hydrogen (secondary N) is 1. The van der Waals surface area contributed by atoms with Crippen molar-refractivity contribution in [3.63, 3.8) is 0 Å². The molecule has 96 valence electrons. The van der Waals surface area contributed by atoms with E-state index >= 15 is 0 Å². The highest BCUT2D eigenvalue weighted by Crippen LogP contribution is 2.15. The maximum atomic E-state index is 10.1. The molecule has 1 rings (SSSR count). The van der Waals surface area contributed by atoms with Crippen LogP contribution in [-0.4, -0.2) is 42.8 Å². The van der Waals surface area contributed by atoms with Crippen molar-refractivity contribution in [3.8, 4) is 0 Å². The van der Waals surface area contributed by atoms with Gasteiger partial charge in [-0.25, -0.2) is 0 Å². The SMILES string of the molecule is CN(C)CC(C)(O)CNCc1ccccc1Br. The summed E-state index contributed by atoms with van der Waals surface area (Å²) in [4.78, 5) is 1.99. The smallest absolute Gasteiger partial charge is 0.0869 e. The average Bonchev–Trinajstić information content (AvgIpc) is 2.18. The molecule has 0 saturated heterocycles.